The molecule has 2 rings (SSSR count). The number of nitro benzene ring substituents is 1. The van der Waals surface area contributed by atoms with E-state index in [4.69, 9.17) is 16.3 Å². The summed E-state index contributed by atoms with van der Waals surface area (Å²) in [5.74, 6) is 0.536. The number of hydrogen-bond acceptors (Lipinski definition) is 5. The molecular formula is C13H11ClN2O4. The number of hydrogen-bond donors (Lipinski definition) is 1. The average molecular weight is 295 g/mol. The molecule has 0 spiro atoms. The van der Waals surface area contributed by atoms with Gasteiger partial charge in [-0.05, 0) is 25.1 Å². The summed E-state index contributed by atoms with van der Waals surface area (Å²) in [7, 11) is 0. The van der Waals surface area contributed by atoms with Crippen LogP contribution < -0.4 is 4.74 Å². The van der Waals surface area contributed by atoms with E-state index in [0.29, 0.717) is 11.3 Å². The van der Waals surface area contributed by atoms with Gasteiger partial charge >= 0.3 is 0 Å². The molecule has 0 aliphatic heterocycles. The fourth-order valence-corrected chi connectivity index (χ4v) is 1.86. The predicted molar refractivity (Wildman–Crippen MR) is 73.1 cm³/mol. The topological polar surface area (TPSA) is 85.5 Å². The molecule has 0 aliphatic carbocycles. The largest absolute Gasteiger partial charge is 0.439 e. The number of halogens is 1. The van der Waals surface area contributed by atoms with Crippen molar-refractivity contribution in [3.63, 3.8) is 0 Å². The van der Waals surface area contributed by atoms with E-state index in [1.165, 1.54) is 24.4 Å². The molecular weight excluding hydrogens is 284 g/mol. The summed E-state index contributed by atoms with van der Waals surface area (Å²) in [6, 6.07) is 7.37. The van der Waals surface area contributed by atoms with E-state index in [1.807, 2.05) is 0 Å². The maximum atomic E-state index is 10.7. The van der Waals surface area contributed by atoms with Gasteiger partial charge in [0.1, 0.15) is 10.8 Å². The maximum Gasteiger partial charge on any atom is 0.288 e. The van der Waals surface area contributed by atoms with Crippen molar-refractivity contribution < 1.29 is 14.8 Å². The van der Waals surface area contributed by atoms with Gasteiger partial charge in [-0.25, -0.2) is 4.98 Å². The summed E-state index contributed by atoms with van der Waals surface area (Å²) >= 11 is 5.80. The third kappa shape index (κ3) is 3.04. The Balaban J connectivity index is 2.31. The van der Waals surface area contributed by atoms with Gasteiger partial charge in [-0.2, -0.15) is 0 Å². The summed E-state index contributed by atoms with van der Waals surface area (Å²) in [4.78, 5) is 14.1. The highest BCUT2D eigenvalue weighted by molar-refractivity contribution is 6.32. The van der Waals surface area contributed by atoms with Crippen LogP contribution in [-0.4, -0.2) is 15.0 Å². The summed E-state index contributed by atoms with van der Waals surface area (Å²) in [5, 5.41) is 20.3. The molecule has 0 radical (unpaired) electrons. The van der Waals surface area contributed by atoms with E-state index in [-0.39, 0.29) is 16.6 Å². The number of nitrogens with zero attached hydrogens (tertiary/aromatic N) is 2. The highest BCUT2D eigenvalue weighted by Crippen LogP contribution is 2.32. The van der Waals surface area contributed by atoms with Gasteiger partial charge in [0.25, 0.3) is 5.69 Å². The number of rotatable bonds is 4. The molecule has 0 saturated carbocycles. The van der Waals surface area contributed by atoms with Crippen molar-refractivity contribution in [3.8, 4) is 11.6 Å². The van der Waals surface area contributed by atoms with E-state index in [1.54, 1.807) is 19.1 Å². The van der Waals surface area contributed by atoms with Gasteiger partial charge in [-0.1, -0.05) is 11.6 Å². The molecule has 0 saturated heterocycles. The highest BCUT2D eigenvalue weighted by atomic mass is 35.5. The monoisotopic (exact) mass is 294 g/mol. The summed E-state index contributed by atoms with van der Waals surface area (Å²) < 4.78 is 5.51. The van der Waals surface area contributed by atoms with Crippen molar-refractivity contribution in [2.75, 3.05) is 0 Å². The predicted octanol–water partition coefficient (Wildman–Crippen LogP) is 3.49. The van der Waals surface area contributed by atoms with Crippen LogP contribution in [0.25, 0.3) is 0 Å². The number of aliphatic hydroxyl groups excluding tert-OH is 1. The molecule has 0 bridgehead atoms. The van der Waals surface area contributed by atoms with Crippen LogP contribution in [0.3, 0.4) is 0 Å². The zero-order valence-corrected chi connectivity index (χ0v) is 11.2. The molecule has 1 heterocycles. The zero-order chi connectivity index (χ0) is 14.7. The van der Waals surface area contributed by atoms with Crippen molar-refractivity contribution in [1.82, 2.24) is 4.98 Å². The van der Waals surface area contributed by atoms with Gasteiger partial charge < -0.3 is 9.84 Å². The first-order chi connectivity index (χ1) is 9.49. The Labute approximate surface area is 119 Å². The normalized spacial score (nSPS) is 11.9. The zero-order valence-electron chi connectivity index (χ0n) is 10.5. The lowest BCUT2D eigenvalue weighted by Crippen LogP contribution is -1.98. The van der Waals surface area contributed by atoms with Crippen LogP contribution in [0.2, 0.25) is 5.02 Å². The molecule has 2 aromatic rings. The van der Waals surface area contributed by atoms with Gasteiger partial charge in [-0.15, -0.1) is 0 Å². The molecule has 1 unspecified atom stereocenters. The highest BCUT2D eigenvalue weighted by Gasteiger charge is 2.15. The summed E-state index contributed by atoms with van der Waals surface area (Å²) in [5.41, 5.74) is 0.317. The Bertz CT molecular complexity index is 646. The van der Waals surface area contributed by atoms with Gasteiger partial charge in [0.05, 0.1) is 11.0 Å². The minimum Gasteiger partial charge on any atom is -0.439 e. The second-order valence-corrected chi connectivity index (χ2v) is 4.45. The Morgan fingerprint density at radius 2 is 2.20 bits per heavy atom. The molecule has 0 aliphatic rings. The van der Waals surface area contributed by atoms with Gasteiger partial charge in [0.2, 0.25) is 5.88 Å². The van der Waals surface area contributed by atoms with Crippen LogP contribution in [0, 0.1) is 10.1 Å². The third-order valence-corrected chi connectivity index (χ3v) is 2.88. The van der Waals surface area contributed by atoms with Crippen molar-refractivity contribution in [1.29, 1.82) is 0 Å². The van der Waals surface area contributed by atoms with Crippen LogP contribution >= 0.6 is 11.6 Å². The quantitative estimate of drug-likeness (QED) is 0.689. The van der Waals surface area contributed by atoms with Crippen LogP contribution in [0.15, 0.2) is 36.5 Å². The molecule has 7 heteroatoms. The number of benzene rings is 1. The average Bonchev–Trinajstić information content (AvgIpc) is 2.38. The number of aliphatic hydroxyl groups is 1. The minimum atomic E-state index is -0.743. The maximum absolute atomic E-state index is 10.7. The molecule has 104 valence electrons. The van der Waals surface area contributed by atoms with E-state index in [2.05, 4.69) is 4.98 Å². The molecule has 1 N–H and O–H groups in total. The Morgan fingerprint density at radius 3 is 2.80 bits per heavy atom. The molecule has 0 amide bonds. The standard InChI is InChI=1S/C13H11ClN2O4/c1-8(17)10-3-2-6-15-13(10)20-9-4-5-12(16(18)19)11(14)7-9/h2-8,17H,1H3. The molecule has 1 aromatic heterocycles. The second kappa shape index (κ2) is 5.85. The first kappa shape index (κ1) is 14.2. The molecule has 0 fully saturated rings. The van der Waals surface area contributed by atoms with Gasteiger partial charge in [-0.3, -0.25) is 10.1 Å². The minimum absolute atomic E-state index is 0.0259. The van der Waals surface area contributed by atoms with E-state index >= 15 is 0 Å². The van der Waals surface area contributed by atoms with Crippen LogP contribution in [0.1, 0.15) is 18.6 Å². The SMILES string of the molecule is CC(O)c1cccnc1Oc1ccc([N+](=O)[O-])c(Cl)c1. The van der Waals surface area contributed by atoms with Gasteiger partial charge in [0.15, 0.2) is 0 Å². The van der Waals surface area contributed by atoms with Gasteiger partial charge in [0, 0.05) is 23.9 Å². The fraction of sp³-hybridized carbons (Fsp3) is 0.154. The summed E-state index contributed by atoms with van der Waals surface area (Å²) in [6.07, 6.45) is 0.779. The lowest BCUT2D eigenvalue weighted by Gasteiger charge is -2.11. The van der Waals surface area contributed by atoms with Crippen LogP contribution in [0.4, 0.5) is 5.69 Å². The van der Waals surface area contributed by atoms with Crippen molar-refractivity contribution in [3.05, 3.63) is 57.2 Å². The molecule has 6 nitrogen and oxygen atoms in total. The van der Waals surface area contributed by atoms with E-state index in [9.17, 15) is 15.2 Å². The van der Waals surface area contributed by atoms with E-state index < -0.39 is 11.0 Å². The van der Waals surface area contributed by atoms with Crippen molar-refractivity contribution in [2.24, 2.45) is 0 Å². The van der Waals surface area contributed by atoms with Crippen LogP contribution in [-0.2, 0) is 0 Å². The first-order valence-electron chi connectivity index (χ1n) is 5.74. The molecule has 20 heavy (non-hydrogen) atoms. The number of pyridine rings is 1. The second-order valence-electron chi connectivity index (χ2n) is 4.05. The van der Waals surface area contributed by atoms with Crippen molar-refractivity contribution in [2.45, 2.75) is 13.0 Å². The summed E-state index contributed by atoms with van der Waals surface area (Å²) in [6.45, 7) is 1.59. The van der Waals surface area contributed by atoms with E-state index in [0.717, 1.165) is 0 Å². The lowest BCUT2D eigenvalue weighted by molar-refractivity contribution is -0.384. The first-order valence-corrected chi connectivity index (χ1v) is 6.11. The number of aromatic nitrogens is 1. The number of nitro groups is 1. The third-order valence-electron chi connectivity index (χ3n) is 2.58. The van der Waals surface area contributed by atoms with Crippen LogP contribution in [0.5, 0.6) is 11.6 Å². The molecule has 1 aromatic carbocycles. The Morgan fingerprint density at radius 1 is 1.45 bits per heavy atom. The van der Waals surface area contributed by atoms with Crippen molar-refractivity contribution >= 4 is 17.3 Å². The molecule has 1 atom stereocenters. The lowest BCUT2D eigenvalue weighted by atomic mass is 10.2. The smallest absolute Gasteiger partial charge is 0.288 e. The Hall–Kier alpha value is -2.18. The number of ether oxygens (including phenoxy) is 1. The Kier molecular flexibility index (Phi) is 4.16. The fourth-order valence-electron chi connectivity index (χ4n) is 1.62.